The fraction of sp³-hybridized carbons (Fsp3) is 0.333. The molecule has 1 atom stereocenters. The first-order valence-electron chi connectivity index (χ1n) is 10.5. The molecule has 1 aliphatic rings. The van der Waals surface area contributed by atoms with E-state index in [1.54, 1.807) is 6.20 Å². The van der Waals surface area contributed by atoms with Gasteiger partial charge in [-0.3, -0.25) is 9.69 Å². The number of aromatic nitrogens is 2. The molecule has 0 unspecified atom stereocenters. The number of carbonyl (C=O) groups is 1. The molecule has 1 amide bonds. The number of fused-ring (bicyclic) bond motifs is 1. The Morgan fingerprint density at radius 3 is 2.87 bits per heavy atom. The number of rotatable bonds is 8. The van der Waals surface area contributed by atoms with Gasteiger partial charge in [-0.05, 0) is 29.7 Å². The van der Waals surface area contributed by atoms with Gasteiger partial charge in [0.05, 0.1) is 6.10 Å². The molecule has 0 saturated carbocycles. The van der Waals surface area contributed by atoms with Gasteiger partial charge in [0.25, 0.3) is 5.91 Å². The highest BCUT2D eigenvalue weighted by atomic mass is 16.5. The van der Waals surface area contributed by atoms with Crippen molar-refractivity contribution in [1.29, 1.82) is 0 Å². The van der Waals surface area contributed by atoms with E-state index >= 15 is 0 Å². The lowest BCUT2D eigenvalue weighted by Crippen LogP contribution is -2.42. The average molecular weight is 421 g/mol. The fourth-order valence-electron chi connectivity index (χ4n) is 3.87. The molecule has 0 aliphatic carbocycles. The third-order valence-corrected chi connectivity index (χ3v) is 5.50. The van der Waals surface area contributed by atoms with Crippen LogP contribution in [0.3, 0.4) is 0 Å². The van der Waals surface area contributed by atoms with E-state index in [4.69, 9.17) is 4.74 Å². The van der Waals surface area contributed by atoms with E-state index in [-0.39, 0.29) is 19.1 Å². The number of nitrogens with zero attached hydrogens (tertiary/aromatic N) is 3. The quantitative estimate of drug-likeness (QED) is 0.583. The fourth-order valence-corrected chi connectivity index (χ4v) is 3.87. The molecule has 0 spiro atoms. The van der Waals surface area contributed by atoms with Crippen molar-refractivity contribution in [2.24, 2.45) is 7.05 Å². The Kier molecular flexibility index (Phi) is 6.64. The van der Waals surface area contributed by atoms with Gasteiger partial charge >= 0.3 is 0 Å². The number of carbonyl (C=O) groups excluding carboxylic acids is 1. The van der Waals surface area contributed by atoms with Gasteiger partial charge < -0.3 is 19.7 Å². The summed E-state index contributed by atoms with van der Waals surface area (Å²) in [5.41, 5.74) is 3.61. The number of imidazole rings is 1. The van der Waals surface area contributed by atoms with Crippen LogP contribution >= 0.6 is 0 Å². The van der Waals surface area contributed by atoms with Gasteiger partial charge in [0.2, 0.25) is 0 Å². The van der Waals surface area contributed by atoms with Crippen molar-refractivity contribution in [3.05, 3.63) is 72.1 Å². The zero-order valence-electron chi connectivity index (χ0n) is 17.7. The average Bonchev–Trinajstić information content (AvgIpc) is 3.22. The van der Waals surface area contributed by atoms with Crippen molar-refractivity contribution in [3.63, 3.8) is 0 Å². The topological polar surface area (TPSA) is 79.6 Å². The van der Waals surface area contributed by atoms with E-state index < -0.39 is 6.10 Å². The highest BCUT2D eigenvalue weighted by Crippen LogP contribution is 2.22. The van der Waals surface area contributed by atoms with Crippen LogP contribution in [0.1, 0.15) is 11.1 Å². The zero-order chi connectivity index (χ0) is 21.6. The van der Waals surface area contributed by atoms with E-state index in [2.05, 4.69) is 33.4 Å². The number of hydrogen-bond donors (Lipinski definition) is 2. The number of aliphatic hydroxyl groups excluding tert-OH is 1. The molecule has 0 fully saturated rings. The van der Waals surface area contributed by atoms with E-state index in [0.29, 0.717) is 12.3 Å². The van der Waals surface area contributed by atoms with Crippen LogP contribution in [0.5, 0.6) is 5.75 Å². The van der Waals surface area contributed by atoms with Crippen molar-refractivity contribution < 1.29 is 14.6 Å². The second-order valence-corrected chi connectivity index (χ2v) is 7.89. The lowest BCUT2D eigenvalue weighted by Gasteiger charge is -2.30. The Morgan fingerprint density at radius 2 is 2.06 bits per heavy atom. The van der Waals surface area contributed by atoms with E-state index in [1.807, 2.05) is 48.1 Å². The molecule has 31 heavy (non-hydrogen) atoms. The first-order chi connectivity index (χ1) is 15.1. The maximum Gasteiger partial charge on any atom is 0.258 e. The number of benzene rings is 2. The lowest BCUT2D eigenvalue weighted by atomic mass is 10.00. The standard InChI is InChI=1S/C24H28N4O3/c1-27-12-10-25-24(27)19-7-4-8-22(13-19)31-17-23(30)26-14-21(29)16-28-11-9-18-5-2-3-6-20(18)15-28/h2-8,10,12-13,21,29H,9,11,14-17H2,1H3,(H,26,30)/t21-/m1/s1. The highest BCUT2D eigenvalue weighted by Gasteiger charge is 2.18. The molecule has 7 heteroatoms. The third kappa shape index (κ3) is 5.51. The van der Waals surface area contributed by atoms with Crippen molar-refractivity contribution in [1.82, 2.24) is 19.8 Å². The second-order valence-electron chi connectivity index (χ2n) is 7.89. The zero-order valence-corrected chi connectivity index (χ0v) is 17.7. The Labute approximate surface area is 182 Å². The molecule has 2 aromatic carbocycles. The van der Waals surface area contributed by atoms with Crippen LogP contribution < -0.4 is 10.1 Å². The molecule has 4 rings (SSSR count). The third-order valence-electron chi connectivity index (χ3n) is 5.50. The molecule has 1 aromatic heterocycles. The van der Waals surface area contributed by atoms with Crippen LogP contribution in [0, 0.1) is 0 Å². The summed E-state index contributed by atoms with van der Waals surface area (Å²) in [7, 11) is 1.93. The number of aliphatic hydroxyl groups is 1. The van der Waals surface area contributed by atoms with Crippen LogP contribution in [-0.2, 0) is 24.8 Å². The number of nitrogens with one attached hydrogen (secondary N) is 1. The van der Waals surface area contributed by atoms with Gasteiger partial charge in [0.1, 0.15) is 11.6 Å². The number of ether oxygens (including phenoxy) is 1. The van der Waals surface area contributed by atoms with Crippen molar-refractivity contribution >= 4 is 5.91 Å². The molecule has 0 saturated heterocycles. The molecule has 3 aromatic rings. The molecule has 162 valence electrons. The van der Waals surface area contributed by atoms with Gasteiger partial charge in [-0.2, -0.15) is 0 Å². The minimum absolute atomic E-state index is 0.103. The molecular weight excluding hydrogens is 392 g/mol. The van der Waals surface area contributed by atoms with Gasteiger partial charge in [0.15, 0.2) is 6.61 Å². The maximum atomic E-state index is 12.2. The Bertz CT molecular complexity index is 1030. The van der Waals surface area contributed by atoms with Crippen molar-refractivity contribution in [2.45, 2.75) is 19.1 Å². The number of aryl methyl sites for hydroxylation is 1. The molecule has 0 radical (unpaired) electrons. The summed E-state index contributed by atoms with van der Waals surface area (Å²) in [5.74, 6) is 1.17. The van der Waals surface area contributed by atoms with Gasteiger partial charge in [-0.25, -0.2) is 4.98 Å². The summed E-state index contributed by atoms with van der Waals surface area (Å²) in [6, 6.07) is 15.9. The van der Waals surface area contributed by atoms with Crippen molar-refractivity contribution in [3.8, 4) is 17.1 Å². The maximum absolute atomic E-state index is 12.2. The SMILES string of the molecule is Cn1ccnc1-c1cccc(OCC(=O)NC[C@@H](O)CN2CCc3ccccc3C2)c1. The lowest BCUT2D eigenvalue weighted by molar-refractivity contribution is -0.123. The predicted molar refractivity (Wildman–Crippen MR) is 119 cm³/mol. The van der Waals surface area contributed by atoms with Gasteiger partial charge in [0, 0.05) is 51.2 Å². The number of β-amino-alcohol motifs (C(OH)–C–C–N with tert-alkyl or cyclic N) is 1. The molecule has 2 N–H and O–H groups in total. The predicted octanol–water partition coefficient (Wildman–Crippen LogP) is 2.00. The van der Waals surface area contributed by atoms with Gasteiger partial charge in [-0.1, -0.05) is 36.4 Å². The highest BCUT2D eigenvalue weighted by molar-refractivity contribution is 5.77. The van der Waals surface area contributed by atoms with Crippen molar-refractivity contribution in [2.75, 3.05) is 26.2 Å². The van der Waals surface area contributed by atoms with Crippen LogP contribution in [-0.4, -0.2) is 57.8 Å². The molecule has 7 nitrogen and oxygen atoms in total. The molecule has 2 heterocycles. The summed E-state index contributed by atoms with van der Waals surface area (Å²) in [6.45, 7) is 2.37. The normalized spacial score (nSPS) is 14.6. The second kappa shape index (κ2) is 9.76. The largest absolute Gasteiger partial charge is 0.484 e. The summed E-state index contributed by atoms with van der Waals surface area (Å²) in [4.78, 5) is 18.7. The van der Waals surface area contributed by atoms with Crippen LogP contribution in [0.2, 0.25) is 0 Å². The van der Waals surface area contributed by atoms with E-state index in [0.717, 1.165) is 30.9 Å². The van der Waals surface area contributed by atoms with E-state index in [9.17, 15) is 9.90 Å². The van der Waals surface area contributed by atoms with Crippen LogP contribution in [0.25, 0.3) is 11.4 Å². The first-order valence-corrected chi connectivity index (χ1v) is 10.5. The first kappa shape index (κ1) is 21.1. The van der Waals surface area contributed by atoms with Crippen LogP contribution in [0.4, 0.5) is 0 Å². The summed E-state index contributed by atoms with van der Waals surface area (Å²) in [5, 5.41) is 13.1. The number of amides is 1. The Morgan fingerprint density at radius 1 is 1.23 bits per heavy atom. The Balaban J connectivity index is 1.21. The summed E-state index contributed by atoms with van der Waals surface area (Å²) >= 11 is 0. The molecular formula is C24H28N4O3. The smallest absolute Gasteiger partial charge is 0.258 e. The minimum Gasteiger partial charge on any atom is -0.484 e. The molecule has 0 bridgehead atoms. The summed E-state index contributed by atoms with van der Waals surface area (Å²) in [6.07, 6.45) is 3.98. The van der Waals surface area contributed by atoms with E-state index in [1.165, 1.54) is 11.1 Å². The van der Waals surface area contributed by atoms with Gasteiger partial charge in [-0.15, -0.1) is 0 Å². The van der Waals surface area contributed by atoms with Crippen LogP contribution in [0.15, 0.2) is 60.9 Å². The molecule has 1 aliphatic heterocycles. The minimum atomic E-state index is -0.624. The Hall–Kier alpha value is -3.16. The number of hydrogen-bond acceptors (Lipinski definition) is 5. The summed E-state index contributed by atoms with van der Waals surface area (Å²) < 4.78 is 7.55. The monoisotopic (exact) mass is 420 g/mol.